The maximum atomic E-state index is 11.5. The molecule has 0 amide bonds. The molecular formula is C14H22N2O5. The number of likely N-dealkylation sites (N-methyl/N-ethyl adjacent to an activating group) is 1. The van der Waals surface area contributed by atoms with E-state index in [-0.39, 0.29) is 18.9 Å². The Balaban J connectivity index is 2.81. The van der Waals surface area contributed by atoms with E-state index in [1.165, 1.54) is 12.3 Å². The van der Waals surface area contributed by atoms with Gasteiger partial charge in [-0.3, -0.25) is 14.5 Å². The lowest BCUT2D eigenvalue weighted by Gasteiger charge is -2.19. The lowest BCUT2D eigenvalue weighted by atomic mass is 10.2. The van der Waals surface area contributed by atoms with Gasteiger partial charge in [-0.1, -0.05) is 0 Å². The van der Waals surface area contributed by atoms with Crippen LogP contribution in [0.5, 0.6) is 5.75 Å². The van der Waals surface area contributed by atoms with Crippen LogP contribution in [0.2, 0.25) is 0 Å². The summed E-state index contributed by atoms with van der Waals surface area (Å²) in [5, 5.41) is 27.0. The van der Waals surface area contributed by atoms with Crippen LogP contribution >= 0.6 is 0 Å². The van der Waals surface area contributed by atoms with Gasteiger partial charge in [0.05, 0.1) is 12.7 Å². The fourth-order valence-corrected chi connectivity index (χ4v) is 2.08. The van der Waals surface area contributed by atoms with Crippen LogP contribution in [-0.2, 0) is 17.9 Å². The number of hydrogen-bond acceptors (Lipinski definition) is 5. The van der Waals surface area contributed by atoms with Crippen molar-refractivity contribution in [3.63, 3.8) is 0 Å². The van der Waals surface area contributed by atoms with Crippen molar-refractivity contribution in [2.75, 3.05) is 20.2 Å². The van der Waals surface area contributed by atoms with E-state index in [2.05, 4.69) is 0 Å². The van der Waals surface area contributed by atoms with Gasteiger partial charge >= 0.3 is 5.97 Å². The predicted octanol–water partition coefficient (Wildman–Crippen LogP) is 0.233. The molecule has 0 saturated heterocycles. The molecule has 0 unspecified atom stereocenters. The standard InChI is InChI=1S/C14H22N2O5/c1-15(10-14(20)21)8-11-7-12(18)13(19)9-16(11)5-3-2-4-6-17/h7,9,17,19H,2-6,8,10H2,1H3,(H,20,21). The molecule has 1 aromatic heterocycles. The molecule has 0 aliphatic heterocycles. The van der Waals surface area contributed by atoms with Crippen LogP contribution in [0.25, 0.3) is 0 Å². The smallest absolute Gasteiger partial charge is 0.317 e. The van der Waals surface area contributed by atoms with Crippen LogP contribution in [0.1, 0.15) is 25.0 Å². The normalized spacial score (nSPS) is 11.0. The van der Waals surface area contributed by atoms with Gasteiger partial charge in [-0.25, -0.2) is 0 Å². The minimum absolute atomic E-state index is 0.125. The monoisotopic (exact) mass is 298 g/mol. The van der Waals surface area contributed by atoms with Crippen LogP contribution < -0.4 is 5.43 Å². The molecule has 1 rings (SSSR count). The highest BCUT2D eigenvalue weighted by Gasteiger charge is 2.10. The lowest BCUT2D eigenvalue weighted by Crippen LogP contribution is -2.27. The summed E-state index contributed by atoms with van der Waals surface area (Å²) in [4.78, 5) is 23.8. The number of aromatic hydroxyl groups is 1. The summed E-state index contributed by atoms with van der Waals surface area (Å²) in [7, 11) is 1.65. The summed E-state index contributed by atoms with van der Waals surface area (Å²) in [6.45, 7) is 0.926. The van der Waals surface area contributed by atoms with Crippen molar-refractivity contribution in [3.05, 3.63) is 28.2 Å². The molecule has 7 nitrogen and oxygen atoms in total. The third-order valence-electron chi connectivity index (χ3n) is 3.09. The Morgan fingerprint density at radius 1 is 1.33 bits per heavy atom. The number of aryl methyl sites for hydroxylation is 1. The molecule has 118 valence electrons. The van der Waals surface area contributed by atoms with Crippen molar-refractivity contribution >= 4 is 5.97 Å². The fourth-order valence-electron chi connectivity index (χ4n) is 2.08. The zero-order valence-corrected chi connectivity index (χ0v) is 12.2. The second-order valence-electron chi connectivity index (χ2n) is 5.06. The number of aliphatic carboxylic acids is 1. The summed E-state index contributed by atoms with van der Waals surface area (Å²) in [5.74, 6) is -1.25. The summed E-state index contributed by atoms with van der Waals surface area (Å²) in [6, 6.07) is 1.33. The number of aromatic nitrogens is 1. The van der Waals surface area contributed by atoms with Crippen LogP contribution in [0.3, 0.4) is 0 Å². The van der Waals surface area contributed by atoms with Crippen molar-refractivity contribution in [1.82, 2.24) is 9.47 Å². The second kappa shape index (κ2) is 8.43. The molecule has 0 aliphatic carbocycles. The van der Waals surface area contributed by atoms with Crippen LogP contribution in [0.4, 0.5) is 0 Å². The Labute approximate surface area is 123 Å². The third kappa shape index (κ3) is 5.97. The van der Waals surface area contributed by atoms with Gasteiger partial charge in [0.2, 0.25) is 5.43 Å². The number of rotatable bonds is 9. The van der Waals surface area contributed by atoms with Gasteiger partial charge in [0.15, 0.2) is 5.75 Å². The van der Waals surface area contributed by atoms with E-state index in [0.717, 1.165) is 12.8 Å². The zero-order chi connectivity index (χ0) is 15.8. The number of nitrogens with zero attached hydrogens (tertiary/aromatic N) is 2. The Morgan fingerprint density at radius 3 is 2.67 bits per heavy atom. The molecule has 0 spiro atoms. The molecule has 0 fully saturated rings. The molecule has 7 heteroatoms. The van der Waals surface area contributed by atoms with Gasteiger partial charge in [0.1, 0.15) is 0 Å². The first-order valence-electron chi connectivity index (χ1n) is 6.87. The quantitative estimate of drug-likeness (QED) is 0.564. The van der Waals surface area contributed by atoms with Crippen molar-refractivity contribution in [2.24, 2.45) is 0 Å². The van der Waals surface area contributed by atoms with Crippen LogP contribution in [0, 0.1) is 0 Å². The molecule has 1 aromatic rings. The van der Waals surface area contributed by atoms with Gasteiger partial charge < -0.3 is 19.9 Å². The Hall–Kier alpha value is -1.86. The maximum absolute atomic E-state index is 11.5. The first-order valence-corrected chi connectivity index (χ1v) is 6.87. The molecule has 21 heavy (non-hydrogen) atoms. The molecule has 0 atom stereocenters. The van der Waals surface area contributed by atoms with E-state index < -0.39 is 11.4 Å². The SMILES string of the molecule is CN(CC(=O)O)Cc1cc(=O)c(O)cn1CCCCCO. The van der Waals surface area contributed by atoms with Gasteiger partial charge in [0, 0.05) is 31.5 Å². The highest BCUT2D eigenvalue weighted by Crippen LogP contribution is 2.10. The largest absolute Gasteiger partial charge is 0.503 e. The summed E-state index contributed by atoms with van der Waals surface area (Å²) in [6.07, 6.45) is 3.73. The van der Waals surface area contributed by atoms with E-state index in [9.17, 15) is 14.7 Å². The number of carboxylic acid groups (broad SMARTS) is 1. The molecule has 0 saturated carbocycles. The van der Waals surface area contributed by atoms with E-state index in [1.807, 2.05) is 0 Å². The summed E-state index contributed by atoms with van der Waals surface area (Å²) in [5.41, 5.74) is 0.186. The molecule has 0 bridgehead atoms. The highest BCUT2D eigenvalue weighted by molar-refractivity contribution is 5.68. The number of pyridine rings is 1. The van der Waals surface area contributed by atoms with E-state index in [1.54, 1.807) is 16.5 Å². The van der Waals surface area contributed by atoms with E-state index in [0.29, 0.717) is 25.2 Å². The molecule has 0 aliphatic rings. The predicted molar refractivity (Wildman–Crippen MR) is 77.3 cm³/mol. The number of aliphatic hydroxyl groups is 1. The minimum Gasteiger partial charge on any atom is -0.503 e. The molecular weight excluding hydrogens is 276 g/mol. The van der Waals surface area contributed by atoms with Crippen LogP contribution in [0.15, 0.2) is 17.1 Å². The zero-order valence-electron chi connectivity index (χ0n) is 12.2. The van der Waals surface area contributed by atoms with Gasteiger partial charge in [0.25, 0.3) is 0 Å². The van der Waals surface area contributed by atoms with Crippen molar-refractivity contribution < 1.29 is 20.1 Å². The molecule has 0 radical (unpaired) electrons. The van der Waals surface area contributed by atoms with E-state index in [4.69, 9.17) is 10.2 Å². The molecule has 0 aromatic carbocycles. The number of aliphatic hydroxyl groups excluding tert-OH is 1. The first kappa shape index (κ1) is 17.2. The van der Waals surface area contributed by atoms with Crippen molar-refractivity contribution in [2.45, 2.75) is 32.4 Å². The second-order valence-corrected chi connectivity index (χ2v) is 5.06. The average Bonchev–Trinajstić information content (AvgIpc) is 2.39. The third-order valence-corrected chi connectivity index (χ3v) is 3.09. The minimum atomic E-state index is -0.937. The molecule has 1 heterocycles. The van der Waals surface area contributed by atoms with Gasteiger partial charge in [-0.05, 0) is 26.3 Å². The molecule has 3 N–H and O–H groups in total. The highest BCUT2D eigenvalue weighted by atomic mass is 16.4. The number of carboxylic acids is 1. The number of hydrogen-bond donors (Lipinski definition) is 3. The van der Waals surface area contributed by atoms with E-state index >= 15 is 0 Å². The van der Waals surface area contributed by atoms with Crippen LogP contribution in [-0.4, -0.2) is 51.0 Å². The Morgan fingerprint density at radius 2 is 2.05 bits per heavy atom. The van der Waals surface area contributed by atoms with Gasteiger partial charge in [-0.2, -0.15) is 0 Å². The topological polar surface area (TPSA) is 103 Å². The number of carbonyl (C=O) groups is 1. The average molecular weight is 298 g/mol. The van der Waals surface area contributed by atoms with Crippen molar-refractivity contribution in [1.29, 1.82) is 0 Å². The lowest BCUT2D eigenvalue weighted by molar-refractivity contribution is -0.138. The maximum Gasteiger partial charge on any atom is 0.317 e. The number of unbranched alkanes of at least 4 members (excludes halogenated alkanes) is 2. The fraction of sp³-hybridized carbons (Fsp3) is 0.571. The Bertz CT molecular complexity index is 527. The van der Waals surface area contributed by atoms with Crippen molar-refractivity contribution in [3.8, 4) is 5.75 Å². The van der Waals surface area contributed by atoms with Gasteiger partial charge in [-0.15, -0.1) is 0 Å². The Kier molecular flexibility index (Phi) is 6.90. The first-order chi connectivity index (χ1) is 9.93. The summed E-state index contributed by atoms with van der Waals surface area (Å²) < 4.78 is 1.76. The summed E-state index contributed by atoms with van der Waals surface area (Å²) >= 11 is 0.